The first-order valence-electron chi connectivity index (χ1n) is 10.7. The molecule has 0 radical (unpaired) electrons. The molecule has 1 heterocycles. The molecule has 5 heteroatoms. The van der Waals surface area contributed by atoms with E-state index < -0.39 is 18.2 Å². The van der Waals surface area contributed by atoms with Crippen LogP contribution in [0.25, 0.3) is 0 Å². The molecule has 2 N–H and O–H groups in total. The summed E-state index contributed by atoms with van der Waals surface area (Å²) >= 11 is 0. The molecular weight excluding hydrogens is 368 g/mol. The van der Waals surface area contributed by atoms with Crippen molar-refractivity contribution >= 4 is 5.97 Å². The highest BCUT2D eigenvalue weighted by Gasteiger charge is 2.35. The minimum Gasteiger partial charge on any atom is -0.487 e. The normalized spacial score (nSPS) is 17.4. The molecule has 0 aliphatic carbocycles. The van der Waals surface area contributed by atoms with Gasteiger partial charge in [-0.1, -0.05) is 26.8 Å². The van der Waals surface area contributed by atoms with Gasteiger partial charge in [-0.2, -0.15) is 0 Å². The molecule has 0 saturated carbocycles. The molecule has 0 aromatic heterocycles. The van der Waals surface area contributed by atoms with E-state index in [1.165, 1.54) is 16.7 Å². The first-order valence-corrected chi connectivity index (χ1v) is 10.7. The number of esters is 1. The lowest BCUT2D eigenvalue weighted by molar-refractivity contribution is -0.145. The highest BCUT2D eigenvalue weighted by molar-refractivity contribution is 5.69. The van der Waals surface area contributed by atoms with Crippen molar-refractivity contribution in [3.05, 3.63) is 28.3 Å². The molecule has 5 nitrogen and oxygen atoms in total. The average molecular weight is 407 g/mol. The third-order valence-corrected chi connectivity index (χ3v) is 5.48. The van der Waals surface area contributed by atoms with Crippen molar-refractivity contribution in [2.24, 2.45) is 0 Å². The summed E-state index contributed by atoms with van der Waals surface area (Å²) in [6.07, 6.45) is 0.524. The molecule has 0 amide bonds. The van der Waals surface area contributed by atoms with Crippen molar-refractivity contribution in [2.75, 3.05) is 6.61 Å². The number of carbonyl (C=O) groups is 1. The van der Waals surface area contributed by atoms with Crippen molar-refractivity contribution < 1.29 is 24.5 Å². The maximum Gasteiger partial charge on any atom is 0.308 e. The number of aliphatic hydroxyl groups is 2. The van der Waals surface area contributed by atoms with Gasteiger partial charge in [0, 0.05) is 12.0 Å². The Bertz CT molecular complexity index is 730. The molecule has 0 bridgehead atoms. The second kappa shape index (κ2) is 9.05. The second-order valence-corrected chi connectivity index (χ2v) is 9.91. The summed E-state index contributed by atoms with van der Waals surface area (Å²) in [7, 11) is 0. The van der Waals surface area contributed by atoms with Gasteiger partial charge in [0.1, 0.15) is 11.4 Å². The first-order chi connectivity index (χ1) is 13.3. The summed E-state index contributed by atoms with van der Waals surface area (Å²) < 4.78 is 11.2. The van der Waals surface area contributed by atoms with Crippen LogP contribution in [-0.4, -0.2) is 40.6 Å². The van der Waals surface area contributed by atoms with E-state index in [2.05, 4.69) is 47.6 Å². The predicted molar refractivity (Wildman–Crippen MR) is 114 cm³/mol. The molecule has 0 spiro atoms. The van der Waals surface area contributed by atoms with Gasteiger partial charge >= 0.3 is 5.97 Å². The number of hydrogen-bond donors (Lipinski definition) is 2. The summed E-state index contributed by atoms with van der Waals surface area (Å²) in [6.45, 7) is 14.9. The van der Waals surface area contributed by atoms with E-state index >= 15 is 0 Å². The van der Waals surface area contributed by atoms with Crippen LogP contribution in [0.4, 0.5) is 0 Å². The zero-order valence-corrected chi connectivity index (χ0v) is 19.1. The van der Waals surface area contributed by atoms with Crippen molar-refractivity contribution in [1.29, 1.82) is 0 Å². The Morgan fingerprint density at radius 2 is 1.93 bits per heavy atom. The quantitative estimate of drug-likeness (QED) is 0.638. The number of carbonyl (C=O) groups excluding carboxylic acids is 1. The molecule has 2 atom stereocenters. The Labute approximate surface area is 175 Å². The summed E-state index contributed by atoms with van der Waals surface area (Å²) in [6, 6.07) is 2.26. The topological polar surface area (TPSA) is 76.0 Å². The summed E-state index contributed by atoms with van der Waals surface area (Å²) in [5.41, 5.74) is 4.64. The third-order valence-electron chi connectivity index (χ3n) is 5.48. The fourth-order valence-corrected chi connectivity index (χ4v) is 4.11. The van der Waals surface area contributed by atoms with Gasteiger partial charge in [-0.05, 0) is 69.1 Å². The number of fused-ring (bicyclic) bond motifs is 1. The van der Waals surface area contributed by atoms with Gasteiger partial charge in [-0.25, -0.2) is 0 Å². The van der Waals surface area contributed by atoms with Crippen LogP contribution in [-0.2, 0) is 27.8 Å². The maximum atomic E-state index is 11.5. The number of aliphatic hydroxyl groups excluding tert-OH is 2. The molecule has 164 valence electrons. The van der Waals surface area contributed by atoms with Crippen LogP contribution in [0.5, 0.6) is 5.75 Å². The zero-order valence-electron chi connectivity index (χ0n) is 19.1. The largest absolute Gasteiger partial charge is 0.487 e. The summed E-state index contributed by atoms with van der Waals surface area (Å²) in [4.78, 5) is 11.5. The summed E-state index contributed by atoms with van der Waals surface area (Å²) in [5.74, 6) is 0.536. The Hall–Kier alpha value is -1.59. The lowest BCUT2D eigenvalue weighted by Gasteiger charge is -2.27. The van der Waals surface area contributed by atoms with E-state index in [4.69, 9.17) is 9.47 Å². The predicted octanol–water partition coefficient (Wildman–Crippen LogP) is 4.00. The molecule has 0 saturated heterocycles. The number of benzene rings is 1. The minimum absolute atomic E-state index is 0.0421. The van der Waals surface area contributed by atoms with E-state index in [1.54, 1.807) is 6.92 Å². The highest BCUT2D eigenvalue weighted by Crippen LogP contribution is 2.44. The van der Waals surface area contributed by atoms with Gasteiger partial charge in [0.2, 0.25) is 0 Å². The minimum atomic E-state index is -0.898. The standard InChI is InChI=1S/C24H38O5/c1-8-28-21(27)13-17(26)12-16(25)9-10-18-20(23(3,4)5)11-15(2)19-14-24(6,7)29-22(18)19/h11,16-17,25-26H,8-10,12-14H2,1-7H3. The molecule has 1 aromatic rings. The molecule has 29 heavy (non-hydrogen) atoms. The smallest absolute Gasteiger partial charge is 0.308 e. The van der Waals surface area contributed by atoms with Crippen LogP contribution in [0.1, 0.15) is 83.1 Å². The van der Waals surface area contributed by atoms with Crippen molar-refractivity contribution in [3.8, 4) is 5.75 Å². The molecular formula is C24H38O5. The van der Waals surface area contributed by atoms with Crippen molar-refractivity contribution in [3.63, 3.8) is 0 Å². The van der Waals surface area contributed by atoms with Gasteiger partial charge in [0.15, 0.2) is 0 Å². The highest BCUT2D eigenvalue weighted by atomic mass is 16.5. The first kappa shape index (κ1) is 23.7. The van der Waals surface area contributed by atoms with Crippen LogP contribution >= 0.6 is 0 Å². The van der Waals surface area contributed by atoms with E-state index in [9.17, 15) is 15.0 Å². The number of ether oxygens (including phenoxy) is 2. The molecule has 1 aromatic carbocycles. The molecule has 1 aliphatic heterocycles. The zero-order chi connectivity index (χ0) is 22.0. The molecule has 2 unspecified atom stereocenters. The van der Waals surface area contributed by atoms with Gasteiger partial charge in [-0.3, -0.25) is 4.79 Å². The Morgan fingerprint density at radius 3 is 2.52 bits per heavy atom. The van der Waals surface area contributed by atoms with Gasteiger partial charge in [0.05, 0.1) is 25.2 Å². The van der Waals surface area contributed by atoms with E-state index in [1.807, 2.05) is 0 Å². The van der Waals surface area contributed by atoms with Crippen molar-refractivity contribution in [2.45, 2.75) is 104 Å². The summed E-state index contributed by atoms with van der Waals surface area (Å²) in [5, 5.41) is 20.5. The van der Waals surface area contributed by atoms with Crippen LogP contribution < -0.4 is 4.74 Å². The Morgan fingerprint density at radius 1 is 1.28 bits per heavy atom. The van der Waals surface area contributed by atoms with Crippen LogP contribution in [0.2, 0.25) is 0 Å². The van der Waals surface area contributed by atoms with Crippen molar-refractivity contribution in [1.82, 2.24) is 0 Å². The monoisotopic (exact) mass is 406 g/mol. The SMILES string of the molecule is CCOC(=O)CC(O)CC(O)CCc1c(C(C)(C)C)cc(C)c2c1OC(C)(C)C2. The average Bonchev–Trinajstić information content (AvgIpc) is 2.88. The number of rotatable bonds is 8. The van der Waals surface area contributed by atoms with Crippen LogP contribution in [0.15, 0.2) is 6.07 Å². The van der Waals surface area contributed by atoms with E-state index in [0.29, 0.717) is 19.4 Å². The fraction of sp³-hybridized carbons (Fsp3) is 0.708. The molecule has 2 rings (SSSR count). The van der Waals surface area contributed by atoms with Gasteiger partial charge in [0.25, 0.3) is 0 Å². The Balaban J connectivity index is 2.16. The molecule has 1 aliphatic rings. The number of hydrogen-bond acceptors (Lipinski definition) is 5. The van der Waals surface area contributed by atoms with Crippen LogP contribution in [0.3, 0.4) is 0 Å². The van der Waals surface area contributed by atoms with E-state index in [0.717, 1.165) is 17.7 Å². The Kier molecular flexibility index (Phi) is 7.39. The lowest BCUT2D eigenvalue weighted by atomic mass is 9.79. The molecule has 0 fully saturated rings. The van der Waals surface area contributed by atoms with Crippen LogP contribution in [0, 0.1) is 6.92 Å². The van der Waals surface area contributed by atoms with Gasteiger partial charge in [-0.15, -0.1) is 0 Å². The third kappa shape index (κ3) is 6.19. The number of aryl methyl sites for hydroxylation is 1. The lowest BCUT2D eigenvalue weighted by Crippen LogP contribution is -2.25. The fourth-order valence-electron chi connectivity index (χ4n) is 4.11. The van der Waals surface area contributed by atoms with Gasteiger partial charge < -0.3 is 19.7 Å². The second-order valence-electron chi connectivity index (χ2n) is 9.91. The maximum absolute atomic E-state index is 11.5. The van der Waals surface area contributed by atoms with E-state index in [-0.39, 0.29) is 23.9 Å².